The molecule has 0 spiro atoms. The summed E-state index contributed by atoms with van der Waals surface area (Å²) in [6, 6.07) is 2.14. The molecule has 0 bridgehead atoms. The van der Waals surface area contributed by atoms with Crippen molar-refractivity contribution in [1.82, 2.24) is 4.90 Å². The Hall–Kier alpha value is -1.04. The quantitative estimate of drug-likeness (QED) is 0.588. The van der Waals surface area contributed by atoms with E-state index in [1.54, 1.807) is 11.8 Å². The van der Waals surface area contributed by atoms with Crippen molar-refractivity contribution in [1.29, 1.82) is 5.26 Å². The molecule has 1 aliphatic rings. The predicted molar refractivity (Wildman–Crippen MR) is 45.2 cm³/mol. The van der Waals surface area contributed by atoms with Crippen LogP contribution in [0.25, 0.3) is 0 Å². The van der Waals surface area contributed by atoms with Crippen molar-refractivity contribution < 1.29 is 4.79 Å². The van der Waals surface area contributed by atoms with Gasteiger partial charge in [0.15, 0.2) is 0 Å². The van der Waals surface area contributed by atoms with Crippen LogP contribution in [0.3, 0.4) is 0 Å². The molecule has 0 saturated heterocycles. The lowest BCUT2D eigenvalue weighted by molar-refractivity contribution is -0.119. The average Bonchev–Trinajstić information content (AvgIpc) is 2.85. The second-order valence-corrected chi connectivity index (χ2v) is 3.33. The fraction of sp³-hybridized carbons (Fsp3) is 0.778. The average molecular weight is 166 g/mol. The van der Waals surface area contributed by atoms with Gasteiger partial charge >= 0.3 is 0 Å². The minimum Gasteiger partial charge on any atom is -0.326 e. The van der Waals surface area contributed by atoms with Crippen LogP contribution >= 0.6 is 0 Å². The standard InChI is InChI=1S/C9H14N2O/c1-3-8-4-9(8)11(6-12)7(2)5-10/h6-9H,3-4H2,1-2H3/t7-,8?,9-/m0/s1. The molecule has 3 heteroatoms. The van der Waals surface area contributed by atoms with Crippen molar-refractivity contribution in [3.8, 4) is 6.07 Å². The Labute approximate surface area is 73.0 Å². The molecule has 1 unspecified atom stereocenters. The Bertz CT molecular complexity index is 209. The Morgan fingerprint density at radius 2 is 2.50 bits per heavy atom. The summed E-state index contributed by atoms with van der Waals surface area (Å²) in [5, 5.41) is 8.62. The maximum atomic E-state index is 10.6. The van der Waals surface area contributed by atoms with E-state index in [-0.39, 0.29) is 6.04 Å². The van der Waals surface area contributed by atoms with E-state index in [4.69, 9.17) is 5.26 Å². The van der Waals surface area contributed by atoms with Gasteiger partial charge in [-0.15, -0.1) is 0 Å². The van der Waals surface area contributed by atoms with E-state index in [9.17, 15) is 4.79 Å². The lowest BCUT2D eigenvalue weighted by Gasteiger charge is -2.19. The molecular formula is C9H14N2O. The lowest BCUT2D eigenvalue weighted by Crippen LogP contribution is -2.33. The first-order valence-corrected chi connectivity index (χ1v) is 4.37. The van der Waals surface area contributed by atoms with Crippen LogP contribution in [0.4, 0.5) is 0 Å². The molecule has 1 rings (SSSR count). The summed E-state index contributed by atoms with van der Waals surface area (Å²) >= 11 is 0. The summed E-state index contributed by atoms with van der Waals surface area (Å²) in [7, 11) is 0. The SMILES string of the molecule is CCC1C[C@@H]1N(C=O)[C@@H](C)C#N. The third-order valence-corrected chi connectivity index (χ3v) is 2.55. The Balaban J connectivity index is 2.49. The van der Waals surface area contributed by atoms with Gasteiger partial charge in [-0.25, -0.2) is 0 Å². The van der Waals surface area contributed by atoms with Gasteiger partial charge < -0.3 is 4.90 Å². The molecule has 0 radical (unpaired) electrons. The highest BCUT2D eigenvalue weighted by Gasteiger charge is 2.41. The normalized spacial score (nSPS) is 28.8. The first kappa shape index (κ1) is 9.05. The maximum absolute atomic E-state index is 10.6. The van der Waals surface area contributed by atoms with Crippen LogP contribution in [0.5, 0.6) is 0 Å². The van der Waals surface area contributed by atoms with Crippen molar-refractivity contribution >= 4 is 6.41 Å². The number of carbonyl (C=O) groups excluding carboxylic acids is 1. The Kier molecular flexibility index (Phi) is 2.69. The highest BCUT2D eigenvalue weighted by Crippen LogP contribution is 2.38. The van der Waals surface area contributed by atoms with Crippen LogP contribution in [0.1, 0.15) is 26.7 Å². The van der Waals surface area contributed by atoms with Crippen molar-refractivity contribution in [2.45, 2.75) is 38.8 Å². The smallest absolute Gasteiger partial charge is 0.211 e. The molecule has 1 fully saturated rings. The van der Waals surface area contributed by atoms with E-state index in [2.05, 4.69) is 13.0 Å². The largest absolute Gasteiger partial charge is 0.326 e. The molecule has 0 aromatic rings. The van der Waals surface area contributed by atoms with Crippen molar-refractivity contribution in [2.75, 3.05) is 0 Å². The van der Waals surface area contributed by atoms with E-state index in [0.29, 0.717) is 12.0 Å². The van der Waals surface area contributed by atoms with Crippen LogP contribution < -0.4 is 0 Å². The molecule has 3 nitrogen and oxygen atoms in total. The summed E-state index contributed by atoms with van der Waals surface area (Å²) in [6.07, 6.45) is 2.97. The van der Waals surface area contributed by atoms with Crippen LogP contribution in [0, 0.1) is 17.2 Å². The number of nitrogens with zero attached hydrogens (tertiary/aromatic N) is 2. The van der Waals surface area contributed by atoms with E-state index >= 15 is 0 Å². The zero-order chi connectivity index (χ0) is 9.14. The zero-order valence-corrected chi connectivity index (χ0v) is 7.53. The van der Waals surface area contributed by atoms with Gasteiger partial charge in [-0.1, -0.05) is 13.3 Å². The van der Waals surface area contributed by atoms with Crippen molar-refractivity contribution in [3.05, 3.63) is 0 Å². The Morgan fingerprint density at radius 1 is 1.83 bits per heavy atom. The van der Waals surface area contributed by atoms with Crippen LogP contribution in [-0.2, 0) is 4.79 Å². The highest BCUT2D eigenvalue weighted by molar-refractivity contribution is 5.50. The molecule has 1 saturated carbocycles. The third kappa shape index (κ3) is 1.58. The second-order valence-electron chi connectivity index (χ2n) is 3.33. The second kappa shape index (κ2) is 3.57. The van der Waals surface area contributed by atoms with Gasteiger partial charge in [0, 0.05) is 6.04 Å². The molecule has 1 aliphatic carbocycles. The van der Waals surface area contributed by atoms with Gasteiger partial charge in [0.2, 0.25) is 6.41 Å². The predicted octanol–water partition coefficient (Wildman–Crippen LogP) is 1.16. The fourth-order valence-electron chi connectivity index (χ4n) is 1.56. The minimum absolute atomic E-state index is 0.274. The van der Waals surface area contributed by atoms with Gasteiger partial charge in [-0.2, -0.15) is 5.26 Å². The molecular weight excluding hydrogens is 152 g/mol. The first-order chi connectivity index (χ1) is 5.74. The number of carbonyl (C=O) groups is 1. The Morgan fingerprint density at radius 3 is 2.83 bits per heavy atom. The molecule has 12 heavy (non-hydrogen) atoms. The molecule has 66 valence electrons. The maximum Gasteiger partial charge on any atom is 0.211 e. The summed E-state index contributed by atoms with van der Waals surface area (Å²) < 4.78 is 0. The molecule has 3 atom stereocenters. The third-order valence-electron chi connectivity index (χ3n) is 2.55. The fourth-order valence-corrected chi connectivity index (χ4v) is 1.56. The molecule has 0 aromatic heterocycles. The number of hydrogen-bond donors (Lipinski definition) is 0. The van der Waals surface area contributed by atoms with Gasteiger partial charge in [-0.05, 0) is 19.3 Å². The summed E-state index contributed by atoms with van der Waals surface area (Å²) in [5.41, 5.74) is 0. The molecule has 0 aromatic carbocycles. The topological polar surface area (TPSA) is 44.1 Å². The number of nitriles is 1. The van der Waals surface area contributed by atoms with Gasteiger partial charge in [0.25, 0.3) is 0 Å². The summed E-state index contributed by atoms with van der Waals surface area (Å²) in [5.74, 6) is 0.631. The van der Waals surface area contributed by atoms with Crippen LogP contribution in [-0.4, -0.2) is 23.4 Å². The highest BCUT2D eigenvalue weighted by atomic mass is 16.1. The van der Waals surface area contributed by atoms with E-state index in [1.807, 2.05) is 0 Å². The molecule has 0 N–H and O–H groups in total. The molecule has 0 aliphatic heterocycles. The van der Waals surface area contributed by atoms with E-state index in [1.165, 1.54) is 0 Å². The minimum atomic E-state index is -0.274. The lowest BCUT2D eigenvalue weighted by atomic mass is 10.2. The van der Waals surface area contributed by atoms with Gasteiger partial charge in [0.05, 0.1) is 6.07 Å². The van der Waals surface area contributed by atoms with E-state index < -0.39 is 0 Å². The van der Waals surface area contributed by atoms with Crippen molar-refractivity contribution in [3.63, 3.8) is 0 Å². The van der Waals surface area contributed by atoms with Crippen LogP contribution in [0.2, 0.25) is 0 Å². The zero-order valence-electron chi connectivity index (χ0n) is 7.53. The number of amides is 1. The number of hydrogen-bond acceptors (Lipinski definition) is 2. The van der Waals surface area contributed by atoms with Crippen LogP contribution in [0.15, 0.2) is 0 Å². The summed E-state index contributed by atoms with van der Waals surface area (Å²) in [4.78, 5) is 12.3. The molecule has 0 heterocycles. The summed E-state index contributed by atoms with van der Waals surface area (Å²) in [6.45, 7) is 3.88. The van der Waals surface area contributed by atoms with Gasteiger partial charge in [-0.3, -0.25) is 4.79 Å². The monoisotopic (exact) mass is 166 g/mol. The van der Waals surface area contributed by atoms with E-state index in [0.717, 1.165) is 19.3 Å². The molecule has 1 amide bonds. The van der Waals surface area contributed by atoms with Crippen molar-refractivity contribution in [2.24, 2.45) is 5.92 Å². The number of rotatable bonds is 4. The first-order valence-electron chi connectivity index (χ1n) is 4.37. The van der Waals surface area contributed by atoms with Gasteiger partial charge in [0.1, 0.15) is 6.04 Å².